The van der Waals surface area contributed by atoms with Gasteiger partial charge in [0.15, 0.2) is 13.1 Å². The lowest BCUT2D eigenvalue weighted by molar-refractivity contribution is -0.930. The molecular weight excluding hydrogens is 378 g/mol. The molecule has 6 nitrogen and oxygen atoms in total. The maximum Gasteiger partial charge on any atom is 0.279 e. The Morgan fingerprint density at radius 2 is 1.07 bits per heavy atom. The third-order valence-electron chi connectivity index (χ3n) is 4.97. The molecule has 3 rings (SSSR count). The van der Waals surface area contributed by atoms with E-state index in [4.69, 9.17) is 0 Å². The Bertz CT molecular complexity index is 758. The fraction of sp³-hybridized carbons (Fsp3) is 0.333. The molecule has 0 spiro atoms. The number of anilines is 2. The highest BCUT2D eigenvalue weighted by atomic mass is 19.1. The quantitative estimate of drug-likeness (QED) is 0.535. The van der Waals surface area contributed by atoms with Crippen LogP contribution in [0.4, 0.5) is 20.2 Å². The Morgan fingerprint density at radius 1 is 0.690 bits per heavy atom. The maximum absolute atomic E-state index is 12.9. The minimum absolute atomic E-state index is 0.107. The summed E-state index contributed by atoms with van der Waals surface area (Å²) in [5, 5.41) is 5.57. The van der Waals surface area contributed by atoms with Crippen LogP contribution in [0.1, 0.15) is 6.42 Å². The number of hydrogen-bond donors (Lipinski definition) is 4. The van der Waals surface area contributed by atoms with E-state index in [1.165, 1.54) is 58.3 Å². The molecule has 2 aromatic rings. The second kappa shape index (κ2) is 10.1. The molecule has 8 heteroatoms. The van der Waals surface area contributed by atoms with E-state index < -0.39 is 0 Å². The maximum atomic E-state index is 12.9. The fourth-order valence-corrected chi connectivity index (χ4v) is 3.48. The minimum atomic E-state index is -0.340. The second-order valence-electron chi connectivity index (χ2n) is 7.32. The first kappa shape index (κ1) is 20.9. The Balaban J connectivity index is 1.42. The number of amides is 2. The van der Waals surface area contributed by atoms with Gasteiger partial charge in [-0.15, -0.1) is 0 Å². The summed E-state index contributed by atoms with van der Waals surface area (Å²) < 4.78 is 25.9. The number of rotatable bonds is 6. The van der Waals surface area contributed by atoms with Gasteiger partial charge in [0, 0.05) is 17.8 Å². The van der Waals surface area contributed by atoms with Crippen molar-refractivity contribution in [2.45, 2.75) is 6.42 Å². The molecule has 0 aliphatic carbocycles. The molecule has 1 aliphatic rings. The van der Waals surface area contributed by atoms with Gasteiger partial charge in [-0.3, -0.25) is 9.59 Å². The number of carbonyl (C=O) groups is 2. The van der Waals surface area contributed by atoms with Gasteiger partial charge < -0.3 is 20.4 Å². The van der Waals surface area contributed by atoms with Gasteiger partial charge in [-0.2, -0.15) is 0 Å². The molecule has 0 radical (unpaired) electrons. The topological polar surface area (TPSA) is 67.1 Å². The third-order valence-corrected chi connectivity index (χ3v) is 4.97. The van der Waals surface area contributed by atoms with Gasteiger partial charge in [-0.05, 0) is 48.5 Å². The first-order valence-electron chi connectivity index (χ1n) is 9.76. The number of quaternary nitrogens is 2. The lowest BCUT2D eigenvalue weighted by atomic mass is 10.3. The molecule has 0 saturated carbocycles. The standard InChI is InChI=1S/C21H24F2N4O2/c22-16-2-6-18(7-3-16)24-20(28)14-26-10-1-11-27(13-12-26)15-21(29)25-19-8-4-17(23)5-9-19/h2-9H,1,10-15H2,(H,24,28)(H,25,29)/p+2. The van der Waals surface area contributed by atoms with E-state index in [1.807, 2.05) is 0 Å². The molecule has 1 heterocycles. The predicted octanol–water partition coefficient (Wildman–Crippen LogP) is -0.284. The average Bonchev–Trinajstić information content (AvgIpc) is 2.90. The molecular formula is C21H26F2N4O2+2. The van der Waals surface area contributed by atoms with Crippen LogP contribution >= 0.6 is 0 Å². The monoisotopic (exact) mass is 404 g/mol. The second-order valence-corrected chi connectivity index (χ2v) is 7.32. The molecule has 29 heavy (non-hydrogen) atoms. The van der Waals surface area contributed by atoms with Crippen LogP contribution in [0.5, 0.6) is 0 Å². The van der Waals surface area contributed by atoms with E-state index >= 15 is 0 Å². The van der Waals surface area contributed by atoms with Gasteiger partial charge >= 0.3 is 0 Å². The van der Waals surface area contributed by atoms with Crippen LogP contribution in [0.25, 0.3) is 0 Å². The summed E-state index contributed by atoms with van der Waals surface area (Å²) in [5.74, 6) is -0.895. The van der Waals surface area contributed by atoms with Gasteiger partial charge in [0.1, 0.15) is 24.7 Å². The zero-order valence-electron chi connectivity index (χ0n) is 16.1. The number of benzene rings is 2. The van der Waals surface area contributed by atoms with E-state index in [9.17, 15) is 18.4 Å². The van der Waals surface area contributed by atoms with Crippen molar-refractivity contribution >= 4 is 23.2 Å². The summed E-state index contributed by atoms with van der Waals surface area (Å²) in [6.45, 7) is 3.98. The SMILES string of the molecule is O=C(C[NH+]1CCC[NH+](CC(=O)Nc2ccc(F)cc2)CC1)Nc1ccc(F)cc1. The molecule has 1 aliphatic heterocycles. The Labute approximate surface area is 168 Å². The fourth-order valence-electron chi connectivity index (χ4n) is 3.48. The summed E-state index contributed by atoms with van der Waals surface area (Å²) in [6, 6.07) is 11.4. The highest BCUT2D eigenvalue weighted by Gasteiger charge is 2.24. The summed E-state index contributed by atoms with van der Waals surface area (Å²) in [5.41, 5.74) is 1.16. The minimum Gasteiger partial charge on any atom is -0.322 e. The van der Waals surface area contributed by atoms with Gasteiger partial charge in [-0.1, -0.05) is 0 Å². The number of hydrogen-bond acceptors (Lipinski definition) is 2. The van der Waals surface area contributed by atoms with E-state index in [-0.39, 0.29) is 23.4 Å². The van der Waals surface area contributed by atoms with Crippen LogP contribution in [0.15, 0.2) is 48.5 Å². The highest BCUT2D eigenvalue weighted by Crippen LogP contribution is 2.08. The summed E-state index contributed by atoms with van der Waals surface area (Å²) >= 11 is 0. The number of halogens is 2. The van der Waals surface area contributed by atoms with Crippen molar-refractivity contribution in [3.63, 3.8) is 0 Å². The molecule has 4 N–H and O–H groups in total. The molecule has 2 amide bonds. The van der Waals surface area contributed by atoms with Gasteiger partial charge in [0.25, 0.3) is 11.8 Å². The van der Waals surface area contributed by atoms with Gasteiger partial charge in [-0.25, -0.2) is 8.78 Å². The molecule has 1 saturated heterocycles. The molecule has 2 aromatic carbocycles. The lowest BCUT2D eigenvalue weighted by Crippen LogP contribution is -3.18. The van der Waals surface area contributed by atoms with Crippen molar-refractivity contribution in [1.29, 1.82) is 0 Å². The van der Waals surface area contributed by atoms with Crippen molar-refractivity contribution < 1.29 is 28.2 Å². The van der Waals surface area contributed by atoms with Gasteiger partial charge in [0.05, 0.1) is 13.1 Å². The van der Waals surface area contributed by atoms with Crippen molar-refractivity contribution in [3.05, 3.63) is 60.2 Å². The van der Waals surface area contributed by atoms with Crippen molar-refractivity contribution in [3.8, 4) is 0 Å². The van der Waals surface area contributed by atoms with E-state index in [0.717, 1.165) is 32.6 Å². The largest absolute Gasteiger partial charge is 0.322 e. The predicted molar refractivity (Wildman–Crippen MR) is 106 cm³/mol. The van der Waals surface area contributed by atoms with Crippen LogP contribution in [0.2, 0.25) is 0 Å². The van der Waals surface area contributed by atoms with E-state index in [1.54, 1.807) is 0 Å². The van der Waals surface area contributed by atoms with Crippen LogP contribution in [0.3, 0.4) is 0 Å². The summed E-state index contributed by atoms with van der Waals surface area (Å²) in [4.78, 5) is 26.8. The molecule has 2 unspecified atom stereocenters. The zero-order valence-corrected chi connectivity index (χ0v) is 16.1. The summed E-state index contributed by atoms with van der Waals surface area (Å²) in [7, 11) is 0. The molecule has 154 valence electrons. The Morgan fingerprint density at radius 3 is 1.45 bits per heavy atom. The van der Waals surface area contributed by atoms with Crippen molar-refractivity contribution in [2.24, 2.45) is 0 Å². The van der Waals surface area contributed by atoms with Crippen molar-refractivity contribution in [2.75, 3.05) is 49.9 Å². The third kappa shape index (κ3) is 6.92. The average molecular weight is 404 g/mol. The van der Waals surface area contributed by atoms with Crippen LogP contribution in [-0.4, -0.2) is 51.1 Å². The summed E-state index contributed by atoms with van der Waals surface area (Å²) in [6.07, 6.45) is 0.915. The van der Waals surface area contributed by atoms with Crippen molar-refractivity contribution in [1.82, 2.24) is 0 Å². The molecule has 0 bridgehead atoms. The van der Waals surface area contributed by atoms with E-state index in [2.05, 4.69) is 10.6 Å². The Hall–Kier alpha value is -2.84. The normalized spacial score (nSPS) is 19.2. The van der Waals surface area contributed by atoms with E-state index in [0.29, 0.717) is 24.5 Å². The smallest absolute Gasteiger partial charge is 0.279 e. The number of carbonyl (C=O) groups excluding carboxylic acids is 2. The highest BCUT2D eigenvalue weighted by molar-refractivity contribution is 5.91. The molecule has 0 aromatic heterocycles. The lowest BCUT2D eigenvalue weighted by Gasteiger charge is -2.17. The first-order chi connectivity index (χ1) is 14.0. The van der Waals surface area contributed by atoms with Gasteiger partial charge in [0.2, 0.25) is 0 Å². The Kier molecular flexibility index (Phi) is 7.26. The molecule has 2 atom stereocenters. The van der Waals surface area contributed by atoms with Crippen LogP contribution < -0.4 is 20.4 Å². The number of nitrogens with one attached hydrogen (secondary N) is 4. The first-order valence-corrected chi connectivity index (χ1v) is 9.76. The molecule has 1 fully saturated rings. The van der Waals surface area contributed by atoms with Crippen LogP contribution in [0, 0.1) is 11.6 Å². The zero-order chi connectivity index (χ0) is 20.6. The van der Waals surface area contributed by atoms with Crippen LogP contribution in [-0.2, 0) is 9.59 Å².